The van der Waals surface area contributed by atoms with E-state index in [1.165, 1.54) is 6.92 Å². The molecule has 0 aliphatic carbocycles. The van der Waals surface area contributed by atoms with Crippen LogP contribution in [0.1, 0.15) is 6.92 Å². The number of nitrogens with zero attached hydrogens (tertiary/aromatic N) is 1. The molecule has 0 radical (unpaired) electrons. The van der Waals surface area contributed by atoms with Gasteiger partial charge in [-0.15, -0.1) is 0 Å². The van der Waals surface area contributed by atoms with Crippen LogP contribution in [0.3, 0.4) is 0 Å². The van der Waals surface area contributed by atoms with Crippen LogP contribution >= 0.6 is 24.8 Å². The van der Waals surface area contributed by atoms with Gasteiger partial charge in [-0.25, -0.2) is 4.79 Å². The highest BCUT2D eigenvalue weighted by Gasteiger charge is 2.28. The van der Waals surface area contributed by atoms with Gasteiger partial charge in [-0.2, -0.15) is 12.6 Å². The highest BCUT2D eigenvalue weighted by Crippen LogP contribution is 2.18. The van der Waals surface area contributed by atoms with E-state index in [0.29, 0.717) is 10.3 Å². The zero-order chi connectivity index (χ0) is 13.0. The Morgan fingerprint density at radius 3 is 2.71 bits per heavy atom. The van der Waals surface area contributed by atoms with Gasteiger partial charge in [0.1, 0.15) is 10.7 Å². The first-order chi connectivity index (χ1) is 7.99. The summed E-state index contributed by atoms with van der Waals surface area (Å²) in [5, 5.41) is 9.06. The molecule has 7 heteroatoms. The lowest BCUT2D eigenvalue weighted by molar-refractivity contribution is -0.139. The maximum atomic E-state index is 11.6. The zero-order valence-corrected chi connectivity index (χ0v) is 10.8. The smallest absolute Gasteiger partial charge is 0.327 e. The number of hydrogen-bond donors (Lipinski definition) is 3. The summed E-state index contributed by atoms with van der Waals surface area (Å²) in [6.45, 7) is 1.29. The molecule has 0 fully saturated rings. The number of amides is 1. The lowest BCUT2D eigenvalue weighted by Gasteiger charge is -2.26. The Labute approximate surface area is 109 Å². The Kier molecular flexibility index (Phi) is 4.71. The first-order valence-corrected chi connectivity index (χ1v) is 5.84. The summed E-state index contributed by atoms with van der Waals surface area (Å²) in [5.74, 6) is -1.50. The van der Waals surface area contributed by atoms with E-state index in [-0.39, 0.29) is 5.75 Å². The molecule has 0 unspecified atom stereocenters. The first kappa shape index (κ1) is 13.7. The third kappa shape index (κ3) is 3.07. The van der Waals surface area contributed by atoms with Crippen LogP contribution in [0.25, 0.3) is 0 Å². The second kappa shape index (κ2) is 5.83. The fourth-order valence-electron chi connectivity index (χ4n) is 1.43. The van der Waals surface area contributed by atoms with Crippen LogP contribution in [-0.4, -0.2) is 33.8 Å². The minimum atomic E-state index is -1.12. The van der Waals surface area contributed by atoms with Gasteiger partial charge in [0.05, 0.1) is 5.69 Å². The molecule has 17 heavy (non-hydrogen) atoms. The van der Waals surface area contributed by atoms with Crippen LogP contribution in [0.2, 0.25) is 0 Å². The van der Waals surface area contributed by atoms with E-state index in [0.717, 1.165) is 4.90 Å². The topological polar surface area (TPSA) is 73.4 Å². The summed E-state index contributed by atoms with van der Waals surface area (Å²) in [6.07, 6.45) is 1.61. The van der Waals surface area contributed by atoms with Crippen LogP contribution < -0.4 is 4.90 Å². The summed E-state index contributed by atoms with van der Waals surface area (Å²) >= 11 is 8.99. The Morgan fingerprint density at radius 1 is 1.65 bits per heavy atom. The van der Waals surface area contributed by atoms with Crippen molar-refractivity contribution in [3.05, 3.63) is 23.0 Å². The van der Waals surface area contributed by atoms with Crippen LogP contribution in [0, 0.1) is 4.64 Å². The van der Waals surface area contributed by atoms with Crippen molar-refractivity contribution in [2.75, 3.05) is 10.7 Å². The molecule has 5 nitrogen and oxygen atoms in total. The van der Waals surface area contributed by atoms with Crippen molar-refractivity contribution in [1.82, 2.24) is 4.98 Å². The van der Waals surface area contributed by atoms with Crippen LogP contribution in [0.15, 0.2) is 18.3 Å². The molecule has 1 aromatic heterocycles. The second-order valence-corrected chi connectivity index (χ2v) is 4.08. The number of anilines is 1. The molecule has 1 amide bonds. The minimum absolute atomic E-state index is 0.0125. The highest BCUT2D eigenvalue weighted by atomic mass is 32.1. The van der Waals surface area contributed by atoms with E-state index in [4.69, 9.17) is 17.3 Å². The minimum Gasteiger partial charge on any atom is -0.480 e. The molecule has 0 saturated heterocycles. The fraction of sp³-hybridized carbons (Fsp3) is 0.300. The van der Waals surface area contributed by atoms with Crippen molar-refractivity contribution in [3.63, 3.8) is 0 Å². The molecule has 2 N–H and O–H groups in total. The number of carboxylic acid groups (broad SMARTS) is 1. The van der Waals surface area contributed by atoms with E-state index in [1.807, 2.05) is 0 Å². The molecule has 92 valence electrons. The van der Waals surface area contributed by atoms with Crippen molar-refractivity contribution in [2.24, 2.45) is 0 Å². The number of carboxylic acids is 1. The molecule has 1 aromatic rings. The standard InChI is InChI=1S/C10H12N2O3S2/c1-6(13)12(8(5-16)10(14)15)7-3-2-4-11-9(7)17/h2-4,8,16H,5H2,1H3,(H,11,17)(H,14,15)/t8-/m1/s1. The summed E-state index contributed by atoms with van der Waals surface area (Å²) in [7, 11) is 0. The predicted octanol–water partition coefficient (Wildman–Crippen LogP) is 1.48. The van der Waals surface area contributed by atoms with E-state index in [2.05, 4.69) is 17.6 Å². The summed E-state index contributed by atoms with van der Waals surface area (Å²) < 4.78 is 0.315. The molecule has 0 aliphatic rings. The van der Waals surface area contributed by atoms with Gasteiger partial charge in [0, 0.05) is 18.9 Å². The van der Waals surface area contributed by atoms with Crippen molar-refractivity contribution < 1.29 is 14.7 Å². The van der Waals surface area contributed by atoms with Gasteiger partial charge in [-0.3, -0.25) is 9.69 Å². The average molecular weight is 272 g/mol. The number of aromatic amines is 1. The third-order valence-corrected chi connectivity index (χ3v) is 2.84. The molecule has 1 rings (SSSR count). The Bertz CT molecular complexity index is 486. The molecule has 0 aromatic carbocycles. The van der Waals surface area contributed by atoms with E-state index in [9.17, 15) is 9.59 Å². The number of nitrogens with one attached hydrogen (secondary N) is 1. The van der Waals surface area contributed by atoms with Crippen LogP contribution in [-0.2, 0) is 9.59 Å². The maximum Gasteiger partial charge on any atom is 0.327 e. The Balaban J connectivity index is 3.28. The van der Waals surface area contributed by atoms with Crippen molar-refractivity contribution in [3.8, 4) is 0 Å². The molecule has 0 bridgehead atoms. The molecular formula is C10H12N2O3S2. The van der Waals surface area contributed by atoms with Crippen molar-refractivity contribution in [1.29, 1.82) is 0 Å². The third-order valence-electron chi connectivity index (χ3n) is 2.17. The zero-order valence-electron chi connectivity index (χ0n) is 9.08. The van der Waals surface area contributed by atoms with Gasteiger partial charge < -0.3 is 10.1 Å². The van der Waals surface area contributed by atoms with Crippen molar-refractivity contribution in [2.45, 2.75) is 13.0 Å². The van der Waals surface area contributed by atoms with E-state index < -0.39 is 17.9 Å². The van der Waals surface area contributed by atoms with Gasteiger partial charge in [0.15, 0.2) is 0 Å². The Morgan fingerprint density at radius 2 is 2.29 bits per heavy atom. The summed E-state index contributed by atoms with van der Waals surface area (Å²) in [4.78, 5) is 26.5. The highest BCUT2D eigenvalue weighted by molar-refractivity contribution is 7.80. The lowest BCUT2D eigenvalue weighted by Crippen LogP contribution is -2.45. The largest absolute Gasteiger partial charge is 0.480 e. The molecule has 0 saturated carbocycles. The molecule has 0 aliphatic heterocycles. The Hall–Kier alpha value is -1.34. The maximum absolute atomic E-state index is 11.6. The van der Waals surface area contributed by atoms with Crippen LogP contribution in [0.4, 0.5) is 5.69 Å². The molecular weight excluding hydrogens is 260 g/mol. The first-order valence-electron chi connectivity index (χ1n) is 4.80. The number of H-pyrrole nitrogens is 1. The number of pyridine rings is 1. The summed E-state index contributed by atoms with van der Waals surface area (Å²) in [5.41, 5.74) is 0.372. The number of carbonyl (C=O) groups is 2. The SMILES string of the molecule is CC(=O)N(c1ccc[nH]c1=S)[C@H](CS)C(=O)O. The molecule has 1 atom stereocenters. The number of aromatic nitrogens is 1. The quantitative estimate of drug-likeness (QED) is 0.573. The fourth-order valence-corrected chi connectivity index (χ4v) is 1.98. The number of rotatable bonds is 4. The van der Waals surface area contributed by atoms with Gasteiger partial charge in [0.2, 0.25) is 5.91 Å². The van der Waals surface area contributed by atoms with Gasteiger partial charge >= 0.3 is 5.97 Å². The van der Waals surface area contributed by atoms with Crippen LogP contribution in [0.5, 0.6) is 0 Å². The van der Waals surface area contributed by atoms with E-state index in [1.54, 1.807) is 18.3 Å². The van der Waals surface area contributed by atoms with Crippen molar-refractivity contribution >= 4 is 42.4 Å². The number of carbonyl (C=O) groups excluding carboxylic acids is 1. The second-order valence-electron chi connectivity index (χ2n) is 3.31. The summed E-state index contributed by atoms with van der Waals surface area (Å²) in [6, 6.07) is 2.21. The average Bonchev–Trinajstić information content (AvgIpc) is 2.26. The van der Waals surface area contributed by atoms with Gasteiger partial charge in [0.25, 0.3) is 0 Å². The number of hydrogen-bond acceptors (Lipinski definition) is 4. The normalized spacial score (nSPS) is 11.9. The molecule has 1 heterocycles. The predicted molar refractivity (Wildman–Crippen MR) is 70.1 cm³/mol. The number of thiol groups is 1. The van der Waals surface area contributed by atoms with E-state index >= 15 is 0 Å². The number of aliphatic carboxylic acids is 1. The molecule has 0 spiro atoms. The van der Waals surface area contributed by atoms with Gasteiger partial charge in [-0.05, 0) is 12.1 Å². The lowest BCUT2D eigenvalue weighted by atomic mass is 10.2. The van der Waals surface area contributed by atoms with Gasteiger partial charge in [-0.1, -0.05) is 12.2 Å². The monoisotopic (exact) mass is 272 g/mol.